The molecule has 0 aromatic heterocycles. The van der Waals surface area contributed by atoms with Crippen molar-refractivity contribution in [1.29, 1.82) is 4.78 Å². The van der Waals surface area contributed by atoms with Crippen LogP contribution in [0.5, 0.6) is 11.5 Å². The second-order valence-electron chi connectivity index (χ2n) is 5.17. The van der Waals surface area contributed by atoms with E-state index in [0.717, 1.165) is 24.3 Å². The van der Waals surface area contributed by atoms with E-state index in [1.54, 1.807) is 0 Å². The Bertz CT molecular complexity index is 853. The Morgan fingerprint density at radius 2 is 1.72 bits per heavy atom. The molecule has 1 heterocycles. The molecule has 0 fully saturated rings. The van der Waals surface area contributed by atoms with Gasteiger partial charge in [0.2, 0.25) is 0 Å². The quantitative estimate of drug-likeness (QED) is 0.729. The topological polar surface area (TPSA) is 53.3 Å². The van der Waals surface area contributed by atoms with Crippen molar-refractivity contribution < 1.29 is 36.2 Å². The van der Waals surface area contributed by atoms with E-state index in [9.17, 15) is 31.4 Å². The molecule has 2 aromatic rings. The van der Waals surface area contributed by atoms with E-state index in [-0.39, 0.29) is 0 Å². The zero-order chi connectivity index (χ0) is 18.5. The summed E-state index contributed by atoms with van der Waals surface area (Å²) in [4.78, 5) is -0.425. The van der Waals surface area contributed by atoms with E-state index in [1.807, 2.05) is 0 Å². The van der Waals surface area contributed by atoms with Crippen LogP contribution in [0.15, 0.2) is 35.2 Å². The van der Waals surface area contributed by atoms with Crippen LogP contribution < -0.4 is 4.74 Å². The first kappa shape index (κ1) is 17.7. The number of alkyl halides is 4. The third-order valence-electron chi connectivity index (χ3n) is 3.57. The second-order valence-corrected chi connectivity index (χ2v) is 6.76. The van der Waals surface area contributed by atoms with E-state index in [0.29, 0.717) is 6.07 Å². The lowest BCUT2D eigenvalue weighted by atomic mass is 10.0. The molecule has 2 aromatic carbocycles. The smallest absolute Gasteiger partial charge is 0.336 e. The van der Waals surface area contributed by atoms with Gasteiger partial charge in [0, 0.05) is 28.7 Å². The molecule has 3 nitrogen and oxygen atoms in total. The highest BCUT2D eigenvalue weighted by Gasteiger charge is 2.53. The van der Waals surface area contributed by atoms with Gasteiger partial charge in [0.05, 0.1) is 5.56 Å². The van der Waals surface area contributed by atoms with Crippen molar-refractivity contribution in [3.05, 3.63) is 53.1 Å². The van der Waals surface area contributed by atoms with Gasteiger partial charge in [-0.3, -0.25) is 4.78 Å². The lowest BCUT2D eigenvalue weighted by Gasteiger charge is -2.17. The van der Waals surface area contributed by atoms with Gasteiger partial charge in [-0.15, -0.1) is 0 Å². The summed E-state index contributed by atoms with van der Waals surface area (Å²) in [7, 11) is -2.52. The SMILES string of the molecule is N=S1c2ccc(Oc3cc(F)cc(F)c3)c(C(F)F)c2C(O)C1(F)F. The monoisotopic (exact) mass is 381 g/mol. The molecule has 25 heavy (non-hydrogen) atoms. The number of aliphatic hydroxyl groups excluding tert-OH is 1. The fraction of sp³-hybridized carbons (Fsp3) is 0.200. The minimum atomic E-state index is -3.92. The van der Waals surface area contributed by atoms with Gasteiger partial charge < -0.3 is 9.84 Å². The number of aliphatic hydroxyl groups is 1. The Morgan fingerprint density at radius 3 is 2.28 bits per heavy atom. The molecule has 2 N–H and O–H groups in total. The third kappa shape index (κ3) is 2.89. The highest BCUT2D eigenvalue weighted by Crippen LogP contribution is 2.52. The predicted octanol–water partition coefficient (Wildman–Crippen LogP) is 5.07. The van der Waals surface area contributed by atoms with Crippen LogP contribution in [-0.2, 0) is 10.7 Å². The number of benzene rings is 2. The van der Waals surface area contributed by atoms with Gasteiger partial charge in [0.25, 0.3) is 6.43 Å². The molecule has 3 rings (SSSR count). The molecule has 0 saturated heterocycles. The summed E-state index contributed by atoms with van der Waals surface area (Å²) in [6.45, 7) is 0. The van der Waals surface area contributed by atoms with Gasteiger partial charge >= 0.3 is 5.25 Å². The summed E-state index contributed by atoms with van der Waals surface area (Å²) in [5, 5.41) is 5.80. The normalized spacial score (nSPS) is 21.4. The fourth-order valence-electron chi connectivity index (χ4n) is 2.51. The summed E-state index contributed by atoms with van der Waals surface area (Å²) in [6, 6.07) is 3.87. The molecule has 0 amide bonds. The van der Waals surface area contributed by atoms with Crippen LogP contribution in [0.3, 0.4) is 0 Å². The lowest BCUT2D eigenvalue weighted by Crippen LogP contribution is -2.24. The van der Waals surface area contributed by atoms with Crippen LogP contribution in [0, 0.1) is 16.4 Å². The molecule has 0 bridgehead atoms. The molecular weight excluding hydrogens is 372 g/mol. The van der Waals surface area contributed by atoms with E-state index < -0.39 is 67.6 Å². The summed E-state index contributed by atoms with van der Waals surface area (Å²) >= 11 is 0. The highest BCUT2D eigenvalue weighted by molar-refractivity contribution is 7.87. The second kappa shape index (κ2) is 6.03. The molecule has 1 aliphatic rings. The van der Waals surface area contributed by atoms with Crippen LogP contribution in [0.1, 0.15) is 23.7 Å². The van der Waals surface area contributed by atoms with Gasteiger partial charge in [0.15, 0.2) is 6.10 Å². The maximum Gasteiger partial charge on any atom is 0.336 e. The molecule has 2 unspecified atom stereocenters. The summed E-state index contributed by atoms with van der Waals surface area (Å²) in [6.07, 6.45) is -5.91. The molecule has 10 heteroatoms. The molecule has 0 saturated carbocycles. The molecule has 0 spiro atoms. The Hall–Kier alpha value is -2.07. The largest absolute Gasteiger partial charge is 0.457 e. The summed E-state index contributed by atoms with van der Waals surface area (Å²) in [5.41, 5.74) is -1.82. The van der Waals surface area contributed by atoms with Gasteiger partial charge in [-0.25, -0.2) is 17.6 Å². The molecule has 134 valence electrons. The summed E-state index contributed by atoms with van der Waals surface area (Å²) in [5.74, 6) is -3.13. The third-order valence-corrected chi connectivity index (χ3v) is 5.14. The van der Waals surface area contributed by atoms with Crippen LogP contribution in [0.25, 0.3) is 0 Å². The van der Waals surface area contributed by atoms with Gasteiger partial charge in [-0.2, -0.15) is 8.78 Å². The predicted molar refractivity (Wildman–Crippen MR) is 76.1 cm³/mol. The van der Waals surface area contributed by atoms with E-state index in [1.165, 1.54) is 0 Å². The first-order valence-electron chi connectivity index (χ1n) is 6.73. The Kier molecular flexibility index (Phi) is 4.28. The number of hydrogen-bond donors (Lipinski definition) is 2. The minimum absolute atomic E-state index is 0.425. The zero-order valence-corrected chi connectivity index (χ0v) is 12.9. The van der Waals surface area contributed by atoms with Crippen LogP contribution in [-0.4, -0.2) is 10.4 Å². The van der Waals surface area contributed by atoms with Gasteiger partial charge in [-0.05, 0) is 22.8 Å². The number of nitrogens with one attached hydrogen (secondary N) is 1. The van der Waals surface area contributed by atoms with E-state index in [4.69, 9.17) is 9.52 Å². The lowest BCUT2D eigenvalue weighted by molar-refractivity contribution is -0.0346. The zero-order valence-electron chi connectivity index (χ0n) is 12.1. The number of halogens is 6. The Balaban J connectivity index is 2.14. The standard InChI is InChI=1S/C15H9F6NO2S/c16-6-3-7(17)5-8(4-6)24-9-1-2-10-12(11(9)14(18)19)13(23)15(20,21)25(10)22/h1-5,13-14,22-23H. The highest BCUT2D eigenvalue weighted by atomic mass is 32.2. The van der Waals surface area contributed by atoms with Crippen molar-refractivity contribution in [2.24, 2.45) is 0 Å². The van der Waals surface area contributed by atoms with Gasteiger partial charge in [0.1, 0.15) is 23.1 Å². The average Bonchev–Trinajstić information content (AvgIpc) is 2.67. The van der Waals surface area contributed by atoms with Crippen molar-refractivity contribution >= 4 is 10.7 Å². The first-order chi connectivity index (χ1) is 11.6. The van der Waals surface area contributed by atoms with Gasteiger partial charge in [-0.1, -0.05) is 0 Å². The molecular formula is C15H9F6NO2S. The summed E-state index contributed by atoms with van der Waals surface area (Å²) < 4.78 is 93.4. The number of rotatable bonds is 3. The van der Waals surface area contributed by atoms with Crippen molar-refractivity contribution in [2.45, 2.75) is 22.7 Å². The van der Waals surface area contributed by atoms with E-state index >= 15 is 0 Å². The van der Waals surface area contributed by atoms with Crippen LogP contribution in [0.2, 0.25) is 0 Å². The molecule has 0 aliphatic carbocycles. The molecule has 1 aliphatic heterocycles. The average molecular weight is 381 g/mol. The van der Waals surface area contributed by atoms with Crippen LogP contribution in [0.4, 0.5) is 26.3 Å². The maximum absolute atomic E-state index is 13.8. The Morgan fingerprint density at radius 1 is 1.12 bits per heavy atom. The van der Waals surface area contributed by atoms with Crippen molar-refractivity contribution in [1.82, 2.24) is 0 Å². The first-order valence-corrected chi connectivity index (χ1v) is 7.95. The minimum Gasteiger partial charge on any atom is -0.457 e. The number of ether oxygens (including phenoxy) is 1. The number of hydrogen-bond acceptors (Lipinski definition) is 3. The van der Waals surface area contributed by atoms with Crippen LogP contribution >= 0.6 is 0 Å². The Labute approximate surface area is 139 Å². The maximum atomic E-state index is 13.8. The van der Waals surface area contributed by atoms with Crippen molar-refractivity contribution in [2.75, 3.05) is 0 Å². The fourth-order valence-corrected chi connectivity index (χ4v) is 3.79. The molecule has 2 atom stereocenters. The van der Waals surface area contributed by atoms with Crippen molar-refractivity contribution in [3.8, 4) is 11.5 Å². The van der Waals surface area contributed by atoms with E-state index in [2.05, 4.69) is 0 Å². The van der Waals surface area contributed by atoms with Crippen molar-refractivity contribution in [3.63, 3.8) is 0 Å². The molecule has 0 radical (unpaired) electrons. The number of fused-ring (bicyclic) bond motifs is 1.